The van der Waals surface area contributed by atoms with Gasteiger partial charge in [-0.2, -0.15) is 13.2 Å². The number of piperazine rings is 1. The molecule has 4 rings (SSSR count). The third kappa shape index (κ3) is 5.09. The zero-order chi connectivity index (χ0) is 24.5. The molecule has 0 unspecified atom stereocenters. The topological polar surface area (TPSA) is 85.1 Å². The van der Waals surface area contributed by atoms with Crippen LogP contribution in [0.25, 0.3) is 0 Å². The minimum atomic E-state index is -4.40. The second-order valence-corrected chi connectivity index (χ2v) is 8.21. The predicted molar refractivity (Wildman–Crippen MR) is 117 cm³/mol. The normalized spacial score (nSPS) is 17.4. The zero-order valence-corrected chi connectivity index (χ0v) is 18.5. The first-order valence-electron chi connectivity index (χ1n) is 10.9. The number of nitro benzene ring substituents is 1. The van der Waals surface area contributed by atoms with Gasteiger partial charge in [0.1, 0.15) is 5.75 Å². The maximum absolute atomic E-state index is 13.3. The third-order valence-electron chi connectivity index (χ3n) is 5.89. The van der Waals surface area contributed by atoms with E-state index in [1.807, 2.05) is 11.8 Å². The fourth-order valence-corrected chi connectivity index (χ4v) is 3.93. The number of carbonyl (C=O) groups excluding carboxylic acids is 1. The molecule has 1 saturated heterocycles. The van der Waals surface area contributed by atoms with Crippen LogP contribution in [0.5, 0.6) is 5.75 Å². The monoisotopic (exact) mass is 479 g/mol. The number of anilines is 1. The lowest BCUT2D eigenvalue weighted by Gasteiger charge is -2.36. The van der Waals surface area contributed by atoms with Crippen LogP contribution in [0.4, 0.5) is 24.5 Å². The first kappa shape index (κ1) is 23.8. The van der Waals surface area contributed by atoms with Crippen molar-refractivity contribution in [3.8, 4) is 5.75 Å². The lowest BCUT2D eigenvalue weighted by Crippen LogP contribution is -2.49. The lowest BCUT2D eigenvalue weighted by molar-refractivity contribution is -0.384. The fourth-order valence-electron chi connectivity index (χ4n) is 3.93. The molecule has 2 aliphatic rings. The van der Waals surface area contributed by atoms with Gasteiger partial charge < -0.3 is 19.3 Å². The van der Waals surface area contributed by atoms with E-state index in [9.17, 15) is 28.1 Å². The molecule has 0 aromatic heterocycles. The number of nitrogens with zero attached hydrogens (tertiary/aromatic N) is 3. The molecule has 2 fully saturated rings. The second-order valence-electron chi connectivity index (χ2n) is 8.21. The molecule has 2 aromatic rings. The van der Waals surface area contributed by atoms with Gasteiger partial charge in [0.05, 0.1) is 16.1 Å². The Labute approximate surface area is 194 Å². The van der Waals surface area contributed by atoms with Crippen LogP contribution < -0.4 is 9.64 Å². The van der Waals surface area contributed by atoms with E-state index in [1.165, 1.54) is 30.3 Å². The Morgan fingerprint density at radius 1 is 1.09 bits per heavy atom. The van der Waals surface area contributed by atoms with Crippen LogP contribution in [-0.2, 0) is 10.9 Å². The highest BCUT2D eigenvalue weighted by molar-refractivity contribution is 5.97. The van der Waals surface area contributed by atoms with Gasteiger partial charge in [-0.3, -0.25) is 14.9 Å². The summed E-state index contributed by atoms with van der Waals surface area (Å²) in [5.74, 6) is -0.981. The third-order valence-corrected chi connectivity index (χ3v) is 5.89. The van der Waals surface area contributed by atoms with E-state index in [2.05, 4.69) is 0 Å². The Hall–Kier alpha value is -3.34. The molecule has 0 radical (unpaired) electrons. The van der Waals surface area contributed by atoms with Crippen LogP contribution in [-0.4, -0.2) is 54.3 Å². The van der Waals surface area contributed by atoms with Crippen molar-refractivity contribution in [2.24, 2.45) is 0 Å². The van der Waals surface area contributed by atoms with Gasteiger partial charge >= 0.3 is 6.18 Å². The number of nitro groups is 1. The smallest absolute Gasteiger partial charge is 0.416 e. The van der Waals surface area contributed by atoms with Crippen molar-refractivity contribution >= 4 is 17.3 Å². The van der Waals surface area contributed by atoms with Crippen LogP contribution in [0.3, 0.4) is 0 Å². The zero-order valence-electron chi connectivity index (χ0n) is 18.5. The van der Waals surface area contributed by atoms with E-state index in [4.69, 9.17) is 9.47 Å². The minimum absolute atomic E-state index is 0.0863. The number of hydrogen-bond acceptors (Lipinski definition) is 6. The van der Waals surface area contributed by atoms with E-state index in [0.717, 1.165) is 12.1 Å². The Morgan fingerprint density at radius 3 is 2.26 bits per heavy atom. The number of halogens is 3. The predicted octanol–water partition coefficient (Wildman–Crippen LogP) is 4.48. The van der Waals surface area contributed by atoms with Crippen molar-refractivity contribution in [3.63, 3.8) is 0 Å². The molecule has 1 amide bonds. The molecule has 34 heavy (non-hydrogen) atoms. The molecule has 0 N–H and O–H groups in total. The quantitative estimate of drug-likeness (QED) is 0.331. The molecular weight excluding hydrogens is 455 g/mol. The molecule has 8 nitrogen and oxygen atoms in total. The first-order chi connectivity index (χ1) is 16.1. The Morgan fingerprint density at radius 2 is 1.74 bits per heavy atom. The van der Waals surface area contributed by atoms with Crippen LogP contribution in [0.15, 0.2) is 42.5 Å². The van der Waals surface area contributed by atoms with Gasteiger partial charge in [0.25, 0.3) is 11.6 Å². The van der Waals surface area contributed by atoms with E-state index < -0.39 is 28.4 Å². The first-order valence-corrected chi connectivity index (χ1v) is 10.9. The summed E-state index contributed by atoms with van der Waals surface area (Å²) in [5, 5.41) is 11.3. The van der Waals surface area contributed by atoms with Crippen LogP contribution in [0.2, 0.25) is 0 Å². The average molecular weight is 479 g/mol. The van der Waals surface area contributed by atoms with Crippen molar-refractivity contribution in [2.45, 2.75) is 31.7 Å². The van der Waals surface area contributed by atoms with Crippen LogP contribution in [0, 0.1) is 10.1 Å². The summed E-state index contributed by atoms with van der Waals surface area (Å²) in [5.41, 5.74) is -0.223. The van der Waals surface area contributed by atoms with Gasteiger partial charge in [-0.25, -0.2) is 0 Å². The molecule has 0 atom stereocenters. The summed E-state index contributed by atoms with van der Waals surface area (Å²) in [4.78, 5) is 27.5. The molecule has 2 aromatic carbocycles. The van der Waals surface area contributed by atoms with Crippen molar-refractivity contribution in [1.82, 2.24) is 4.90 Å². The number of benzene rings is 2. The molecular formula is C23H24F3N3O5. The highest BCUT2D eigenvalue weighted by Gasteiger charge is 2.47. The number of ether oxygens (including phenoxy) is 2. The van der Waals surface area contributed by atoms with Crippen molar-refractivity contribution in [2.75, 3.05) is 37.7 Å². The summed E-state index contributed by atoms with van der Waals surface area (Å²) in [6.07, 6.45) is -3.07. The molecule has 1 aliphatic carbocycles. The molecule has 1 saturated carbocycles. The summed E-state index contributed by atoms with van der Waals surface area (Å²) in [6, 6.07) is 8.81. The summed E-state index contributed by atoms with van der Waals surface area (Å²) >= 11 is 0. The van der Waals surface area contributed by atoms with E-state index in [-0.39, 0.29) is 17.0 Å². The number of rotatable bonds is 7. The van der Waals surface area contributed by atoms with Crippen molar-refractivity contribution in [3.05, 3.63) is 63.7 Å². The van der Waals surface area contributed by atoms with E-state index in [0.29, 0.717) is 51.3 Å². The molecule has 182 valence electrons. The Kier molecular flexibility index (Phi) is 6.39. The number of carbonyl (C=O) groups is 1. The molecule has 1 aliphatic heterocycles. The molecule has 0 bridgehead atoms. The fraction of sp³-hybridized carbons (Fsp3) is 0.435. The lowest BCUT2D eigenvalue weighted by atomic mass is 10.1. The van der Waals surface area contributed by atoms with Gasteiger partial charge in [-0.15, -0.1) is 0 Å². The maximum Gasteiger partial charge on any atom is 0.416 e. The minimum Gasteiger partial charge on any atom is -0.462 e. The van der Waals surface area contributed by atoms with Crippen molar-refractivity contribution < 1.29 is 32.4 Å². The van der Waals surface area contributed by atoms with Gasteiger partial charge in [0, 0.05) is 63.4 Å². The van der Waals surface area contributed by atoms with E-state index in [1.54, 1.807) is 4.90 Å². The molecule has 11 heteroatoms. The number of non-ortho nitro benzene ring substituents is 1. The molecule has 0 spiro atoms. The van der Waals surface area contributed by atoms with Crippen LogP contribution in [0.1, 0.15) is 35.7 Å². The van der Waals surface area contributed by atoms with Crippen molar-refractivity contribution in [1.29, 1.82) is 0 Å². The number of amides is 1. The summed E-state index contributed by atoms with van der Waals surface area (Å²) in [6.45, 7) is 3.69. The summed E-state index contributed by atoms with van der Waals surface area (Å²) < 4.78 is 50.0. The van der Waals surface area contributed by atoms with Gasteiger partial charge in [-0.05, 0) is 37.3 Å². The highest BCUT2D eigenvalue weighted by Crippen LogP contribution is 2.43. The largest absolute Gasteiger partial charge is 0.462 e. The van der Waals surface area contributed by atoms with Gasteiger partial charge in [0.2, 0.25) is 5.79 Å². The number of hydrogen-bond donors (Lipinski definition) is 0. The second kappa shape index (κ2) is 9.13. The standard InChI is InChI=1S/C23H24F3N3O5/c1-2-33-22(9-10-22)34-20-8-7-18(29(31)32)15-19(20)21(30)28-13-11-27(12-14-28)17-5-3-16(4-6-17)23(24,25)26/h3-8,15H,2,9-14H2,1H3. The average Bonchev–Trinajstić information content (AvgIpc) is 3.57. The van der Waals surface area contributed by atoms with Gasteiger partial charge in [0.15, 0.2) is 0 Å². The van der Waals surface area contributed by atoms with E-state index >= 15 is 0 Å². The summed E-state index contributed by atoms with van der Waals surface area (Å²) in [7, 11) is 0. The van der Waals surface area contributed by atoms with Crippen LogP contribution >= 0.6 is 0 Å². The Bertz CT molecular complexity index is 1060. The maximum atomic E-state index is 13.3. The molecule has 1 heterocycles. The SMILES string of the molecule is CCOC1(Oc2ccc([N+](=O)[O-])cc2C(=O)N2CCN(c3ccc(C(F)(F)F)cc3)CC2)CC1. The Balaban J connectivity index is 1.48. The number of alkyl halides is 3. The van der Waals surface area contributed by atoms with Gasteiger partial charge in [-0.1, -0.05) is 0 Å². The highest BCUT2D eigenvalue weighted by atomic mass is 19.4.